The van der Waals surface area contributed by atoms with E-state index in [2.05, 4.69) is 20.9 Å². The summed E-state index contributed by atoms with van der Waals surface area (Å²) in [6.07, 6.45) is 4.16. The molecule has 0 atom stereocenters. The molecule has 0 aliphatic heterocycles. The second-order valence-corrected chi connectivity index (χ2v) is 4.39. The summed E-state index contributed by atoms with van der Waals surface area (Å²) in [5.41, 5.74) is 0.248. The third-order valence-electron chi connectivity index (χ3n) is 2.02. The van der Waals surface area contributed by atoms with Crippen LogP contribution in [0.25, 0.3) is 0 Å². The van der Waals surface area contributed by atoms with Crippen LogP contribution in [-0.4, -0.2) is 18.4 Å². The third-order valence-corrected chi connectivity index (χ3v) is 2.63. The minimum atomic E-state index is -0.576. The molecule has 1 aromatic heterocycles. The molecule has 0 N–H and O–H groups in total. The third kappa shape index (κ3) is 1.95. The van der Waals surface area contributed by atoms with Crippen molar-refractivity contribution < 1.29 is 9.53 Å². The van der Waals surface area contributed by atoms with Crippen molar-refractivity contribution in [2.45, 2.75) is 19.3 Å². The molecule has 76 valence electrons. The zero-order chi connectivity index (χ0) is 10.8. The molecule has 1 rings (SSSR count). The molecule has 0 saturated carbocycles. The van der Waals surface area contributed by atoms with E-state index in [4.69, 9.17) is 4.74 Å². The average Bonchev–Trinajstić information content (AvgIpc) is 2.17. The number of carbonyl (C=O) groups is 1. The van der Waals surface area contributed by atoms with Gasteiger partial charge >= 0.3 is 0 Å². The van der Waals surface area contributed by atoms with E-state index in [0.29, 0.717) is 5.75 Å². The van der Waals surface area contributed by atoms with Crippen LogP contribution in [0.4, 0.5) is 0 Å². The van der Waals surface area contributed by atoms with Crippen molar-refractivity contribution in [1.29, 1.82) is 0 Å². The van der Waals surface area contributed by atoms with Gasteiger partial charge in [-0.15, -0.1) is 0 Å². The number of hydrogen-bond donors (Lipinski definition) is 0. The predicted octanol–water partition coefficient (Wildman–Crippen LogP) is 2.33. The van der Waals surface area contributed by atoms with Gasteiger partial charge in [-0.05, 0) is 29.8 Å². The zero-order valence-electron chi connectivity index (χ0n) is 8.37. The molecular weight excluding hydrogens is 246 g/mol. The maximum Gasteiger partial charge on any atom is 0.142 e. The molecule has 0 saturated heterocycles. The van der Waals surface area contributed by atoms with Crippen LogP contribution in [0.5, 0.6) is 5.75 Å². The van der Waals surface area contributed by atoms with Crippen LogP contribution in [0, 0.1) is 0 Å². The Hall–Kier alpha value is -0.900. The van der Waals surface area contributed by atoms with Crippen molar-refractivity contribution in [2.75, 3.05) is 7.11 Å². The Bertz CT molecular complexity index is 350. The first kappa shape index (κ1) is 11.2. The lowest BCUT2D eigenvalue weighted by Gasteiger charge is -2.21. The highest BCUT2D eigenvalue weighted by molar-refractivity contribution is 9.10. The Balaban J connectivity index is 3.37. The summed E-state index contributed by atoms with van der Waals surface area (Å²) in [4.78, 5) is 14.9. The lowest BCUT2D eigenvalue weighted by atomic mass is 9.86. The molecule has 1 heterocycles. The fraction of sp³-hybridized carbons (Fsp3) is 0.400. The summed E-state index contributed by atoms with van der Waals surface area (Å²) >= 11 is 3.36. The number of halogens is 1. The highest BCUT2D eigenvalue weighted by Crippen LogP contribution is 2.35. The number of aldehydes is 1. The molecule has 0 amide bonds. The van der Waals surface area contributed by atoms with Gasteiger partial charge < -0.3 is 9.53 Å². The van der Waals surface area contributed by atoms with Gasteiger partial charge in [-0.1, -0.05) is 0 Å². The van der Waals surface area contributed by atoms with Gasteiger partial charge in [-0.3, -0.25) is 4.98 Å². The lowest BCUT2D eigenvalue weighted by Crippen LogP contribution is -2.20. The molecular formula is C10H12BrNO2. The average molecular weight is 258 g/mol. The molecule has 3 nitrogen and oxygen atoms in total. The van der Waals surface area contributed by atoms with Crippen LogP contribution in [0.1, 0.15) is 19.4 Å². The topological polar surface area (TPSA) is 39.2 Å². The second kappa shape index (κ2) is 4.09. The van der Waals surface area contributed by atoms with Gasteiger partial charge in [0.15, 0.2) is 0 Å². The summed E-state index contributed by atoms with van der Waals surface area (Å²) in [5.74, 6) is 0.622. The van der Waals surface area contributed by atoms with E-state index in [1.807, 2.05) is 13.8 Å². The number of carbonyl (C=O) groups excluding carboxylic acids is 1. The molecule has 0 aromatic carbocycles. The SMILES string of the molecule is COc1cncc(Br)c1C(C)(C)C=O. The molecule has 0 fully saturated rings. The minimum Gasteiger partial charge on any atom is -0.495 e. The zero-order valence-corrected chi connectivity index (χ0v) is 9.96. The first-order valence-corrected chi connectivity index (χ1v) is 4.96. The monoisotopic (exact) mass is 257 g/mol. The molecule has 0 spiro atoms. The summed E-state index contributed by atoms with van der Waals surface area (Å²) < 4.78 is 5.95. The Morgan fingerprint density at radius 2 is 2.14 bits per heavy atom. The summed E-state index contributed by atoms with van der Waals surface area (Å²) in [6.45, 7) is 3.67. The van der Waals surface area contributed by atoms with Gasteiger partial charge in [0.25, 0.3) is 0 Å². The Kier molecular flexibility index (Phi) is 3.26. The van der Waals surface area contributed by atoms with Crippen LogP contribution >= 0.6 is 15.9 Å². The van der Waals surface area contributed by atoms with E-state index in [9.17, 15) is 4.79 Å². The van der Waals surface area contributed by atoms with Crippen LogP contribution < -0.4 is 4.74 Å². The molecule has 4 heteroatoms. The van der Waals surface area contributed by atoms with E-state index in [1.54, 1.807) is 19.5 Å². The first-order valence-electron chi connectivity index (χ1n) is 4.17. The summed E-state index contributed by atoms with van der Waals surface area (Å²) in [7, 11) is 1.56. The number of ether oxygens (including phenoxy) is 1. The lowest BCUT2D eigenvalue weighted by molar-refractivity contribution is -0.111. The largest absolute Gasteiger partial charge is 0.495 e. The van der Waals surface area contributed by atoms with Gasteiger partial charge in [-0.2, -0.15) is 0 Å². The van der Waals surface area contributed by atoms with Gasteiger partial charge in [0.1, 0.15) is 12.0 Å². The molecule has 0 unspecified atom stereocenters. The normalized spacial score (nSPS) is 11.1. The quantitative estimate of drug-likeness (QED) is 0.781. The van der Waals surface area contributed by atoms with Crippen molar-refractivity contribution in [3.05, 3.63) is 22.4 Å². The molecule has 1 aromatic rings. The Labute approximate surface area is 91.6 Å². The molecule has 0 radical (unpaired) electrons. The summed E-state index contributed by atoms with van der Waals surface area (Å²) in [6, 6.07) is 0. The maximum absolute atomic E-state index is 11.0. The number of rotatable bonds is 3. The van der Waals surface area contributed by atoms with E-state index in [0.717, 1.165) is 16.3 Å². The fourth-order valence-electron chi connectivity index (χ4n) is 1.26. The van der Waals surface area contributed by atoms with E-state index in [-0.39, 0.29) is 0 Å². The van der Waals surface area contributed by atoms with Crippen LogP contribution in [0.3, 0.4) is 0 Å². The van der Waals surface area contributed by atoms with Gasteiger partial charge in [-0.25, -0.2) is 0 Å². The fourth-order valence-corrected chi connectivity index (χ4v) is 2.08. The number of aromatic nitrogens is 1. The van der Waals surface area contributed by atoms with Crippen LogP contribution in [0.15, 0.2) is 16.9 Å². The van der Waals surface area contributed by atoms with Crippen molar-refractivity contribution >= 4 is 22.2 Å². The van der Waals surface area contributed by atoms with Crippen LogP contribution in [-0.2, 0) is 10.2 Å². The van der Waals surface area contributed by atoms with E-state index >= 15 is 0 Å². The second-order valence-electron chi connectivity index (χ2n) is 3.54. The molecule has 14 heavy (non-hydrogen) atoms. The summed E-state index contributed by atoms with van der Waals surface area (Å²) in [5, 5.41) is 0. The van der Waals surface area contributed by atoms with Crippen molar-refractivity contribution in [1.82, 2.24) is 4.98 Å². The van der Waals surface area contributed by atoms with Gasteiger partial charge in [0, 0.05) is 16.2 Å². The van der Waals surface area contributed by atoms with Gasteiger partial charge in [0.2, 0.25) is 0 Å². The minimum absolute atomic E-state index is 0.576. The highest BCUT2D eigenvalue weighted by Gasteiger charge is 2.26. The number of nitrogens with zero attached hydrogens (tertiary/aromatic N) is 1. The highest BCUT2D eigenvalue weighted by atomic mass is 79.9. The van der Waals surface area contributed by atoms with Crippen LogP contribution in [0.2, 0.25) is 0 Å². The standard InChI is InChI=1S/C10H12BrNO2/c1-10(2,6-13)9-7(11)4-12-5-8(9)14-3/h4-6H,1-3H3. The molecule has 0 aliphatic rings. The molecule has 0 bridgehead atoms. The molecule has 0 aliphatic carbocycles. The van der Waals surface area contributed by atoms with Gasteiger partial charge in [0.05, 0.1) is 18.7 Å². The number of pyridine rings is 1. The first-order chi connectivity index (χ1) is 6.53. The predicted molar refractivity (Wildman–Crippen MR) is 57.6 cm³/mol. The number of hydrogen-bond acceptors (Lipinski definition) is 3. The van der Waals surface area contributed by atoms with Crippen molar-refractivity contribution in [3.63, 3.8) is 0 Å². The Morgan fingerprint density at radius 1 is 1.50 bits per heavy atom. The number of methoxy groups -OCH3 is 1. The van der Waals surface area contributed by atoms with E-state index in [1.165, 1.54) is 0 Å². The van der Waals surface area contributed by atoms with Crippen molar-refractivity contribution in [3.8, 4) is 5.75 Å². The van der Waals surface area contributed by atoms with E-state index < -0.39 is 5.41 Å². The maximum atomic E-state index is 11.0. The smallest absolute Gasteiger partial charge is 0.142 e. The Morgan fingerprint density at radius 3 is 2.64 bits per heavy atom. The van der Waals surface area contributed by atoms with Crippen molar-refractivity contribution in [2.24, 2.45) is 0 Å².